The molecule has 0 amide bonds. The zero-order valence-corrected chi connectivity index (χ0v) is 24.1. The van der Waals surface area contributed by atoms with Crippen molar-refractivity contribution in [3.8, 4) is 5.75 Å². The van der Waals surface area contributed by atoms with Gasteiger partial charge in [-0.15, -0.1) is 0 Å². The maximum Gasteiger partial charge on any atom is 0.197 e. The number of ether oxygens (including phenoxy) is 1. The summed E-state index contributed by atoms with van der Waals surface area (Å²) in [6.45, 7) is 10.8. The Kier molecular flexibility index (Phi) is 12.6. The molecule has 0 radical (unpaired) electrons. The fourth-order valence-electron chi connectivity index (χ4n) is 4.64. The molecule has 1 heterocycles. The van der Waals surface area contributed by atoms with Gasteiger partial charge in [0.15, 0.2) is 5.78 Å². The minimum Gasteiger partial charge on any atom is -0.494 e. The van der Waals surface area contributed by atoms with E-state index in [-0.39, 0.29) is 5.78 Å². The maximum atomic E-state index is 13.7. The van der Waals surface area contributed by atoms with Crippen LogP contribution in [0.4, 0.5) is 0 Å². The van der Waals surface area contributed by atoms with Crippen molar-refractivity contribution >= 4 is 28.5 Å². The highest BCUT2D eigenvalue weighted by atomic mass is 32.2. The van der Waals surface area contributed by atoms with Crippen LogP contribution in [0.15, 0.2) is 46.9 Å². The average Bonchev–Trinajstić information content (AvgIpc) is 3.28. The lowest BCUT2D eigenvalue weighted by Gasteiger charge is -2.21. The van der Waals surface area contributed by atoms with Crippen molar-refractivity contribution in [3.05, 3.63) is 64.9 Å². The SMILES string of the molecule is CCCCc1oc2ccc(CSC)cc2c1C(=O)c1ccc(OCCCN(CCCC)CCCC)cc1. The smallest absolute Gasteiger partial charge is 0.197 e. The third kappa shape index (κ3) is 8.65. The summed E-state index contributed by atoms with van der Waals surface area (Å²) in [7, 11) is 0. The van der Waals surface area contributed by atoms with Crippen molar-refractivity contribution in [2.75, 3.05) is 32.5 Å². The minimum atomic E-state index is 0.0280. The van der Waals surface area contributed by atoms with E-state index < -0.39 is 0 Å². The number of thioether (sulfide) groups is 1. The molecule has 4 nitrogen and oxygen atoms in total. The quantitative estimate of drug-likeness (QED) is 0.123. The van der Waals surface area contributed by atoms with E-state index in [1.54, 1.807) is 11.8 Å². The molecule has 0 saturated carbocycles. The predicted molar refractivity (Wildman–Crippen MR) is 158 cm³/mol. The summed E-state index contributed by atoms with van der Waals surface area (Å²) in [5.74, 6) is 2.56. The molecule has 37 heavy (non-hydrogen) atoms. The number of carbonyl (C=O) groups excluding carboxylic acids is 1. The van der Waals surface area contributed by atoms with Gasteiger partial charge >= 0.3 is 0 Å². The van der Waals surface area contributed by atoms with Crippen LogP contribution in [0.25, 0.3) is 11.0 Å². The molecule has 0 atom stereocenters. The number of carbonyl (C=O) groups is 1. The van der Waals surface area contributed by atoms with E-state index >= 15 is 0 Å². The molecule has 5 heteroatoms. The van der Waals surface area contributed by atoms with Gasteiger partial charge in [-0.05, 0) is 87.0 Å². The second-order valence-electron chi connectivity index (χ2n) is 9.87. The van der Waals surface area contributed by atoms with E-state index in [0.29, 0.717) is 12.2 Å². The van der Waals surface area contributed by atoms with E-state index in [4.69, 9.17) is 9.15 Å². The predicted octanol–water partition coefficient (Wildman–Crippen LogP) is 8.54. The van der Waals surface area contributed by atoms with E-state index in [1.807, 2.05) is 30.3 Å². The molecule has 0 aliphatic heterocycles. The van der Waals surface area contributed by atoms with E-state index in [9.17, 15) is 4.79 Å². The number of ketones is 1. The lowest BCUT2D eigenvalue weighted by atomic mass is 9.97. The van der Waals surface area contributed by atoms with Crippen LogP contribution in [0.3, 0.4) is 0 Å². The van der Waals surface area contributed by atoms with Crippen LogP contribution >= 0.6 is 11.8 Å². The van der Waals surface area contributed by atoms with Crippen LogP contribution in [-0.2, 0) is 12.2 Å². The number of hydrogen-bond donors (Lipinski definition) is 0. The molecule has 3 aromatic rings. The second kappa shape index (κ2) is 15.9. The van der Waals surface area contributed by atoms with Crippen molar-refractivity contribution in [3.63, 3.8) is 0 Å². The van der Waals surface area contributed by atoms with Gasteiger partial charge in [-0.25, -0.2) is 0 Å². The van der Waals surface area contributed by atoms with Crippen LogP contribution in [0.5, 0.6) is 5.75 Å². The van der Waals surface area contributed by atoms with Crippen LogP contribution in [0, 0.1) is 0 Å². The molecule has 0 fully saturated rings. The summed E-state index contributed by atoms with van der Waals surface area (Å²) in [4.78, 5) is 16.2. The molecule has 0 bridgehead atoms. The van der Waals surface area contributed by atoms with Gasteiger partial charge in [-0.1, -0.05) is 46.1 Å². The van der Waals surface area contributed by atoms with E-state index in [0.717, 1.165) is 66.0 Å². The molecule has 0 spiro atoms. The molecule has 3 rings (SSSR count). The van der Waals surface area contributed by atoms with Gasteiger partial charge in [-0.3, -0.25) is 4.79 Å². The number of fused-ring (bicyclic) bond motifs is 1. The Balaban J connectivity index is 1.67. The average molecular weight is 524 g/mol. The van der Waals surface area contributed by atoms with Gasteiger partial charge in [0, 0.05) is 29.7 Å². The second-order valence-corrected chi connectivity index (χ2v) is 10.7. The van der Waals surface area contributed by atoms with Crippen molar-refractivity contribution in [2.24, 2.45) is 0 Å². The summed E-state index contributed by atoms with van der Waals surface area (Å²) in [5.41, 5.74) is 3.41. The standard InChI is InChI=1S/C32H45NO3S/c1-5-8-12-30-31(28-23-25(24-37-4)13-18-29(28)36-30)32(34)26-14-16-27(17-15-26)35-22-11-21-33(19-9-6-2)20-10-7-3/h13-18,23H,5-12,19-22,24H2,1-4H3. The lowest BCUT2D eigenvalue weighted by Crippen LogP contribution is -2.28. The first-order valence-electron chi connectivity index (χ1n) is 14.1. The molecule has 0 N–H and O–H groups in total. The molecule has 1 aromatic heterocycles. The Bertz CT molecular complexity index is 1080. The summed E-state index contributed by atoms with van der Waals surface area (Å²) in [5, 5.41) is 0.929. The van der Waals surface area contributed by atoms with Crippen molar-refractivity contribution in [1.29, 1.82) is 0 Å². The van der Waals surface area contributed by atoms with Gasteiger partial charge in [-0.2, -0.15) is 11.8 Å². The highest BCUT2D eigenvalue weighted by Gasteiger charge is 2.22. The van der Waals surface area contributed by atoms with Crippen molar-refractivity contribution in [2.45, 2.75) is 77.9 Å². The first kappa shape index (κ1) is 29.3. The molecule has 202 valence electrons. The van der Waals surface area contributed by atoms with Crippen LogP contribution in [-0.4, -0.2) is 43.2 Å². The van der Waals surface area contributed by atoms with Crippen LogP contribution < -0.4 is 4.74 Å². The summed E-state index contributed by atoms with van der Waals surface area (Å²) in [6, 6.07) is 13.9. The number of aryl methyl sites for hydroxylation is 1. The molecule has 0 saturated heterocycles. The summed E-state index contributed by atoms with van der Waals surface area (Å²) < 4.78 is 12.2. The number of benzene rings is 2. The number of rotatable bonds is 18. The fourth-order valence-corrected chi connectivity index (χ4v) is 5.15. The summed E-state index contributed by atoms with van der Waals surface area (Å²) in [6.07, 6.45) is 10.9. The molecular weight excluding hydrogens is 478 g/mol. The van der Waals surface area contributed by atoms with Gasteiger partial charge in [0.2, 0.25) is 0 Å². The van der Waals surface area contributed by atoms with E-state index in [1.165, 1.54) is 44.3 Å². The lowest BCUT2D eigenvalue weighted by molar-refractivity contribution is 0.103. The Hall–Kier alpha value is -2.24. The van der Waals surface area contributed by atoms with Gasteiger partial charge in [0.1, 0.15) is 17.1 Å². The topological polar surface area (TPSA) is 42.7 Å². The molecule has 0 aliphatic carbocycles. The Morgan fingerprint density at radius 3 is 2.22 bits per heavy atom. The molecule has 2 aromatic carbocycles. The maximum absolute atomic E-state index is 13.7. The van der Waals surface area contributed by atoms with Crippen LogP contribution in [0.1, 0.15) is 93.0 Å². The van der Waals surface area contributed by atoms with Gasteiger partial charge in [0.25, 0.3) is 0 Å². The third-order valence-electron chi connectivity index (χ3n) is 6.78. The number of furan rings is 1. The fraction of sp³-hybridized carbons (Fsp3) is 0.531. The highest BCUT2D eigenvalue weighted by molar-refractivity contribution is 7.97. The van der Waals surface area contributed by atoms with Crippen LogP contribution in [0.2, 0.25) is 0 Å². The van der Waals surface area contributed by atoms with Crippen molar-refractivity contribution in [1.82, 2.24) is 4.90 Å². The van der Waals surface area contributed by atoms with Gasteiger partial charge in [0.05, 0.1) is 12.2 Å². The molecular formula is C32H45NO3S. The molecule has 0 aliphatic rings. The van der Waals surface area contributed by atoms with E-state index in [2.05, 4.69) is 44.1 Å². The number of unbranched alkanes of at least 4 members (excludes halogenated alkanes) is 3. The van der Waals surface area contributed by atoms with Gasteiger partial charge < -0.3 is 14.1 Å². The normalized spacial score (nSPS) is 11.5. The Morgan fingerprint density at radius 2 is 1.57 bits per heavy atom. The highest BCUT2D eigenvalue weighted by Crippen LogP contribution is 2.31. The Morgan fingerprint density at radius 1 is 0.892 bits per heavy atom. The zero-order valence-electron chi connectivity index (χ0n) is 23.3. The largest absolute Gasteiger partial charge is 0.494 e. The zero-order chi connectivity index (χ0) is 26.5. The minimum absolute atomic E-state index is 0.0280. The first-order chi connectivity index (χ1) is 18.1. The molecule has 0 unspecified atom stereocenters. The summed E-state index contributed by atoms with van der Waals surface area (Å²) >= 11 is 1.78. The first-order valence-corrected chi connectivity index (χ1v) is 15.5. The number of hydrogen-bond acceptors (Lipinski definition) is 5. The third-order valence-corrected chi connectivity index (χ3v) is 7.40. The monoisotopic (exact) mass is 523 g/mol. The Labute approximate surface area is 228 Å². The number of nitrogens with zero attached hydrogens (tertiary/aromatic N) is 1. The van der Waals surface area contributed by atoms with Crippen molar-refractivity contribution < 1.29 is 13.9 Å².